The SMILES string of the molecule is CCC(=O)N1CCCN(C(=O)C2CCCN(C(=O)c3ccc(NC(=O)NC45CC6C[C@@](C)(C4)C[C@](C)(C6)C5)c(F)c3)C2)CC1. The summed E-state index contributed by atoms with van der Waals surface area (Å²) < 4.78 is 15.3. The second kappa shape index (κ2) is 11.6. The molecule has 7 rings (SSSR count). The standard InChI is InChI=1S/C34H48FN5O4/c1-4-28(41)38-11-6-12-39(14-13-38)30(43)25-7-5-10-40(19-25)29(42)24-8-9-27(26(35)15-24)36-31(44)37-34-18-23-16-32(2,21-34)20-33(3,17-23)22-34/h8-9,15,23,25H,4-7,10-14,16-22H2,1-3H3,(H2,36,37,44)/t23?,25?,32-,33+,34?. The summed E-state index contributed by atoms with van der Waals surface area (Å²) in [7, 11) is 0. The molecule has 0 aromatic heterocycles. The average Bonchev–Trinajstić information content (AvgIpc) is 3.21. The first-order valence-electron chi connectivity index (χ1n) is 16.6. The van der Waals surface area contributed by atoms with Crippen molar-refractivity contribution < 1.29 is 23.6 Å². The van der Waals surface area contributed by atoms with Crippen molar-refractivity contribution in [1.82, 2.24) is 20.0 Å². The molecule has 5 atom stereocenters. The molecule has 2 saturated heterocycles. The van der Waals surface area contributed by atoms with Crippen molar-refractivity contribution in [3.8, 4) is 0 Å². The maximum absolute atomic E-state index is 15.3. The Bertz CT molecular complexity index is 1320. The number of rotatable bonds is 5. The van der Waals surface area contributed by atoms with E-state index < -0.39 is 11.8 Å². The highest BCUT2D eigenvalue weighted by Crippen LogP contribution is 2.66. The van der Waals surface area contributed by atoms with Crippen LogP contribution in [0.4, 0.5) is 14.9 Å². The molecule has 6 fully saturated rings. The molecule has 3 unspecified atom stereocenters. The highest BCUT2D eigenvalue weighted by Gasteiger charge is 2.60. The summed E-state index contributed by atoms with van der Waals surface area (Å²) in [4.78, 5) is 57.3. The van der Waals surface area contributed by atoms with E-state index in [0.717, 1.165) is 25.7 Å². The highest BCUT2D eigenvalue weighted by molar-refractivity contribution is 5.96. The molecule has 4 bridgehead atoms. The van der Waals surface area contributed by atoms with Gasteiger partial charge in [0.1, 0.15) is 5.82 Å². The zero-order valence-electron chi connectivity index (χ0n) is 26.6. The predicted molar refractivity (Wildman–Crippen MR) is 165 cm³/mol. The summed E-state index contributed by atoms with van der Waals surface area (Å²) in [6, 6.07) is 3.79. The quantitative estimate of drug-likeness (QED) is 0.490. The average molecular weight is 610 g/mol. The van der Waals surface area contributed by atoms with Crippen LogP contribution < -0.4 is 10.6 Å². The Labute approximate surface area is 260 Å². The summed E-state index contributed by atoms with van der Waals surface area (Å²) in [5.41, 5.74) is 0.490. The Hall–Kier alpha value is -3.17. The van der Waals surface area contributed by atoms with Gasteiger partial charge in [0.2, 0.25) is 11.8 Å². The third kappa shape index (κ3) is 6.18. The van der Waals surface area contributed by atoms with Crippen LogP contribution >= 0.6 is 0 Å². The number of piperidine rings is 1. The second-order valence-electron chi connectivity index (χ2n) is 15.2. The number of anilines is 1. The normalized spacial score (nSPS) is 33.1. The fourth-order valence-corrected chi connectivity index (χ4v) is 10.1. The maximum atomic E-state index is 15.3. The largest absolute Gasteiger partial charge is 0.341 e. The number of likely N-dealkylation sites (tertiary alicyclic amines) is 1. The molecule has 240 valence electrons. The van der Waals surface area contributed by atoms with E-state index in [-0.39, 0.29) is 57.8 Å². The number of carbonyl (C=O) groups is 4. The molecule has 0 spiro atoms. The minimum absolute atomic E-state index is 0.0204. The molecular formula is C34H48FN5O4. The summed E-state index contributed by atoms with van der Waals surface area (Å²) in [5, 5.41) is 5.96. The van der Waals surface area contributed by atoms with E-state index in [0.29, 0.717) is 57.9 Å². The molecule has 4 saturated carbocycles. The summed E-state index contributed by atoms with van der Waals surface area (Å²) in [6.45, 7) is 9.63. The van der Waals surface area contributed by atoms with Gasteiger partial charge in [-0.3, -0.25) is 14.4 Å². The number of nitrogens with one attached hydrogen (secondary N) is 2. The topological polar surface area (TPSA) is 102 Å². The molecule has 4 aliphatic carbocycles. The number of amides is 5. The van der Waals surface area contributed by atoms with Gasteiger partial charge in [0.05, 0.1) is 11.6 Å². The zero-order chi connectivity index (χ0) is 31.3. The Morgan fingerprint density at radius 3 is 2.25 bits per heavy atom. The van der Waals surface area contributed by atoms with Crippen molar-refractivity contribution in [3.63, 3.8) is 0 Å². The first-order valence-corrected chi connectivity index (χ1v) is 16.6. The van der Waals surface area contributed by atoms with Crippen molar-refractivity contribution >= 4 is 29.4 Å². The van der Waals surface area contributed by atoms with Crippen molar-refractivity contribution in [3.05, 3.63) is 29.6 Å². The van der Waals surface area contributed by atoms with Crippen molar-refractivity contribution in [2.45, 2.75) is 90.5 Å². The molecule has 9 nitrogen and oxygen atoms in total. The van der Waals surface area contributed by atoms with Gasteiger partial charge >= 0.3 is 6.03 Å². The minimum Gasteiger partial charge on any atom is -0.341 e. The molecule has 2 heterocycles. The highest BCUT2D eigenvalue weighted by atomic mass is 19.1. The number of hydrogen-bond donors (Lipinski definition) is 2. The third-order valence-electron chi connectivity index (χ3n) is 11.0. The minimum atomic E-state index is -0.657. The van der Waals surface area contributed by atoms with E-state index in [1.165, 1.54) is 31.4 Å². The van der Waals surface area contributed by atoms with Gasteiger partial charge in [-0.15, -0.1) is 0 Å². The number of carbonyl (C=O) groups excluding carboxylic acids is 4. The molecule has 1 aromatic carbocycles. The van der Waals surface area contributed by atoms with Crippen LogP contribution in [-0.4, -0.2) is 83.3 Å². The smallest absolute Gasteiger partial charge is 0.319 e. The lowest BCUT2D eigenvalue weighted by Crippen LogP contribution is -2.65. The van der Waals surface area contributed by atoms with Crippen molar-refractivity contribution in [2.24, 2.45) is 22.7 Å². The van der Waals surface area contributed by atoms with E-state index >= 15 is 4.39 Å². The fourth-order valence-electron chi connectivity index (χ4n) is 10.1. The van der Waals surface area contributed by atoms with Crippen LogP contribution in [0.1, 0.15) is 95.3 Å². The summed E-state index contributed by atoms with van der Waals surface area (Å²) >= 11 is 0. The van der Waals surface area contributed by atoms with Crippen LogP contribution in [0.5, 0.6) is 0 Å². The lowest BCUT2D eigenvalue weighted by molar-refractivity contribution is -0.137. The Balaban J connectivity index is 1.05. The molecule has 2 N–H and O–H groups in total. The predicted octanol–water partition coefficient (Wildman–Crippen LogP) is 5.02. The number of hydrogen-bond acceptors (Lipinski definition) is 4. The number of benzene rings is 1. The number of halogens is 1. The van der Waals surface area contributed by atoms with Gasteiger partial charge in [-0.2, -0.15) is 0 Å². The van der Waals surface area contributed by atoms with E-state index in [1.54, 1.807) is 11.0 Å². The Morgan fingerprint density at radius 1 is 0.886 bits per heavy atom. The lowest BCUT2D eigenvalue weighted by Gasteiger charge is -2.65. The molecule has 1 aromatic rings. The van der Waals surface area contributed by atoms with Crippen LogP contribution in [-0.2, 0) is 9.59 Å². The van der Waals surface area contributed by atoms with E-state index in [4.69, 9.17) is 0 Å². The number of nitrogens with zero attached hydrogens (tertiary/aromatic N) is 3. The molecular weight excluding hydrogens is 561 g/mol. The van der Waals surface area contributed by atoms with Crippen molar-refractivity contribution in [2.75, 3.05) is 44.6 Å². The van der Waals surface area contributed by atoms with Gasteiger partial charge in [-0.05, 0) is 92.7 Å². The van der Waals surface area contributed by atoms with Crippen molar-refractivity contribution in [1.29, 1.82) is 0 Å². The number of urea groups is 1. The fraction of sp³-hybridized carbons (Fsp3) is 0.706. The second-order valence-corrected chi connectivity index (χ2v) is 15.2. The van der Waals surface area contributed by atoms with Crippen LogP contribution in [0, 0.1) is 28.5 Å². The monoisotopic (exact) mass is 609 g/mol. The summed E-state index contributed by atoms with van der Waals surface area (Å²) in [5.74, 6) is -0.538. The van der Waals surface area contributed by atoms with Crippen LogP contribution in [0.2, 0.25) is 0 Å². The molecule has 2 aliphatic heterocycles. The Morgan fingerprint density at radius 2 is 1.57 bits per heavy atom. The first-order chi connectivity index (χ1) is 20.9. The van der Waals surface area contributed by atoms with Gasteiger partial charge in [-0.1, -0.05) is 20.8 Å². The zero-order valence-corrected chi connectivity index (χ0v) is 26.6. The molecule has 0 radical (unpaired) electrons. The van der Waals surface area contributed by atoms with Gasteiger partial charge in [0.25, 0.3) is 5.91 Å². The van der Waals surface area contributed by atoms with Gasteiger partial charge < -0.3 is 25.3 Å². The lowest BCUT2D eigenvalue weighted by atomic mass is 9.43. The summed E-state index contributed by atoms with van der Waals surface area (Å²) in [6.07, 6.45) is 9.15. The molecule has 6 aliphatic rings. The first kappa shape index (κ1) is 30.8. The molecule has 10 heteroatoms. The van der Waals surface area contributed by atoms with Crippen LogP contribution in [0.3, 0.4) is 0 Å². The van der Waals surface area contributed by atoms with E-state index in [1.807, 2.05) is 16.7 Å². The van der Waals surface area contributed by atoms with Gasteiger partial charge in [-0.25, -0.2) is 9.18 Å². The van der Waals surface area contributed by atoms with Gasteiger partial charge in [0.15, 0.2) is 0 Å². The molecule has 44 heavy (non-hydrogen) atoms. The van der Waals surface area contributed by atoms with E-state index in [2.05, 4.69) is 24.5 Å². The third-order valence-corrected chi connectivity index (χ3v) is 11.0. The molecule has 5 amide bonds. The van der Waals surface area contributed by atoms with E-state index in [9.17, 15) is 19.2 Å². The Kier molecular flexibility index (Phi) is 8.16. The van der Waals surface area contributed by atoms with Crippen LogP contribution in [0.25, 0.3) is 0 Å². The maximum Gasteiger partial charge on any atom is 0.319 e. The van der Waals surface area contributed by atoms with Gasteiger partial charge in [0, 0.05) is 56.8 Å². The van der Waals surface area contributed by atoms with Crippen LogP contribution in [0.15, 0.2) is 18.2 Å².